The van der Waals surface area contributed by atoms with Gasteiger partial charge >= 0.3 is 0 Å². The maximum absolute atomic E-state index is 12.3. The molecule has 0 aliphatic rings. The highest BCUT2D eigenvalue weighted by molar-refractivity contribution is 7.15. The minimum absolute atomic E-state index is 0.0570. The van der Waals surface area contributed by atoms with Gasteiger partial charge in [-0.3, -0.25) is 4.79 Å². The number of nitrogens with zero attached hydrogens (tertiary/aromatic N) is 2. The Kier molecular flexibility index (Phi) is 4.50. The van der Waals surface area contributed by atoms with Crippen molar-refractivity contribution >= 4 is 28.3 Å². The number of aromatic amines is 1. The molecule has 0 atom stereocenters. The van der Waals surface area contributed by atoms with E-state index >= 15 is 0 Å². The molecule has 0 unspecified atom stereocenters. The van der Waals surface area contributed by atoms with Crippen molar-refractivity contribution < 1.29 is 4.79 Å². The van der Waals surface area contributed by atoms with E-state index in [1.165, 1.54) is 0 Å². The summed E-state index contributed by atoms with van der Waals surface area (Å²) in [6.07, 6.45) is 0.273. The fourth-order valence-electron chi connectivity index (χ4n) is 2.78. The van der Waals surface area contributed by atoms with Crippen LogP contribution in [0.25, 0.3) is 21.6 Å². The van der Waals surface area contributed by atoms with E-state index in [0.29, 0.717) is 6.54 Å². The summed E-state index contributed by atoms with van der Waals surface area (Å²) in [7, 11) is 0. The number of benzene rings is 2. The van der Waals surface area contributed by atoms with Crippen molar-refractivity contribution in [1.29, 1.82) is 0 Å². The largest absolute Gasteiger partial charge is 0.349 e. The lowest BCUT2D eigenvalue weighted by Gasteiger charge is -2.02. The Labute approximate surface area is 155 Å². The predicted octanol–water partition coefficient (Wildman–Crippen LogP) is 3.85. The lowest BCUT2D eigenvalue weighted by molar-refractivity contribution is -0.120. The fourth-order valence-corrected chi connectivity index (χ4v) is 3.72. The van der Waals surface area contributed by atoms with Crippen LogP contribution in [0.5, 0.6) is 0 Å². The van der Waals surface area contributed by atoms with Gasteiger partial charge in [-0.05, 0) is 19.1 Å². The molecule has 2 heterocycles. The Hall–Kier alpha value is -2.99. The van der Waals surface area contributed by atoms with E-state index < -0.39 is 0 Å². The van der Waals surface area contributed by atoms with E-state index in [2.05, 4.69) is 20.3 Å². The second kappa shape index (κ2) is 7.09. The van der Waals surface area contributed by atoms with Gasteiger partial charge in [-0.15, -0.1) is 11.3 Å². The van der Waals surface area contributed by atoms with Gasteiger partial charge in [0.2, 0.25) is 5.91 Å². The highest BCUT2D eigenvalue weighted by atomic mass is 32.1. The Morgan fingerprint density at radius 2 is 1.85 bits per heavy atom. The van der Waals surface area contributed by atoms with Crippen molar-refractivity contribution in [3.63, 3.8) is 0 Å². The summed E-state index contributed by atoms with van der Waals surface area (Å²) in [6, 6.07) is 17.8. The van der Waals surface area contributed by atoms with Crippen LogP contribution >= 0.6 is 11.3 Å². The first kappa shape index (κ1) is 16.5. The molecule has 26 heavy (non-hydrogen) atoms. The van der Waals surface area contributed by atoms with Crippen molar-refractivity contribution in [3.8, 4) is 10.6 Å². The molecule has 1 amide bonds. The fraction of sp³-hybridized carbons (Fsp3) is 0.150. The maximum atomic E-state index is 12.3. The number of aromatic nitrogens is 3. The molecule has 4 aromatic rings. The number of nitrogens with one attached hydrogen (secondary N) is 2. The number of imidazole rings is 1. The van der Waals surface area contributed by atoms with Gasteiger partial charge in [0.15, 0.2) is 0 Å². The molecule has 2 N–H and O–H groups in total. The third-order valence-electron chi connectivity index (χ3n) is 4.13. The summed E-state index contributed by atoms with van der Waals surface area (Å²) in [4.78, 5) is 25.7. The standard InChI is InChI=1S/C20H18N4OS/c1-13-17(24-20(26-13)14-7-3-2-4-8-14)11-19(25)21-12-18-22-15-9-5-6-10-16(15)23-18/h2-10H,11-12H2,1H3,(H,21,25)(H,22,23). The number of amides is 1. The number of rotatable bonds is 5. The lowest BCUT2D eigenvalue weighted by Crippen LogP contribution is -2.25. The van der Waals surface area contributed by atoms with Crippen LogP contribution in [0.15, 0.2) is 54.6 Å². The van der Waals surface area contributed by atoms with Crippen molar-refractivity contribution in [2.75, 3.05) is 0 Å². The third-order valence-corrected chi connectivity index (χ3v) is 5.19. The molecule has 0 aliphatic carbocycles. The molecule has 130 valence electrons. The van der Waals surface area contributed by atoms with Gasteiger partial charge in [0, 0.05) is 10.4 Å². The minimum atomic E-state index is -0.0570. The summed E-state index contributed by atoms with van der Waals surface area (Å²) in [5.74, 6) is 0.693. The number of aryl methyl sites for hydroxylation is 1. The Bertz CT molecular complexity index is 1020. The van der Waals surface area contributed by atoms with Crippen molar-refractivity contribution in [3.05, 3.63) is 71.0 Å². The molecular weight excluding hydrogens is 344 g/mol. The quantitative estimate of drug-likeness (QED) is 0.566. The van der Waals surface area contributed by atoms with Crippen LogP contribution in [0.3, 0.4) is 0 Å². The molecule has 2 aromatic carbocycles. The first-order valence-corrected chi connectivity index (χ1v) is 9.23. The Morgan fingerprint density at radius 1 is 1.08 bits per heavy atom. The lowest BCUT2D eigenvalue weighted by atomic mass is 10.2. The average Bonchev–Trinajstić information content (AvgIpc) is 3.24. The van der Waals surface area contributed by atoms with Crippen LogP contribution in [0.2, 0.25) is 0 Å². The van der Waals surface area contributed by atoms with Crippen LogP contribution < -0.4 is 5.32 Å². The Balaban J connectivity index is 1.41. The third kappa shape index (κ3) is 3.50. The van der Waals surface area contributed by atoms with E-state index in [4.69, 9.17) is 0 Å². The second-order valence-electron chi connectivity index (χ2n) is 6.04. The number of para-hydroxylation sites is 2. The average molecular weight is 362 g/mol. The topological polar surface area (TPSA) is 70.7 Å². The zero-order chi connectivity index (χ0) is 17.9. The SMILES string of the molecule is Cc1sc(-c2ccccc2)nc1CC(=O)NCc1nc2ccccc2[nH]1. The normalized spacial score (nSPS) is 11.0. The molecule has 0 saturated carbocycles. The predicted molar refractivity (Wildman–Crippen MR) is 104 cm³/mol. The number of hydrogen-bond acceptors (Lipinski definition) is 4. The summed E-state index contributed by atoms with van der Waals surface area (Å²) in [5, 5.41) is 3.86. The molecule has 0 saturated heterocycles. The van der Waals surface area contributed by atoms with Gasteiger partial charge in [0.25, 0.3) is 0 Å². The van der Waals surface area contributed by atoms with E-state index in [1.807, 2.05) is 61.5 Å². The van der Waals surface area contributed by atoms with Crippen molar-refractivity contribution in [2.45, 2.75) is 19.9 Å². The number of carbonyl (C=O) groups excluding carboxylic acids is 1. The highest BCUT2D eigenvalue weighted by Gasteiger charge is 2.13. The first-order valence-electron chi connectivity index (χ1n) is 8.41. The highest BCUT2D eigenvalue weighted by Crippen LogP contribution is 2.27. The zero-order valence-corrected chi connectivity index (χ0v) is 15.1. The Morgan fingerprint density at radius 3 is 2.65 bits per heavy atom. The summed E-state index contributed by atoms with van der Waals surface area (Å²) in [5.41, 5.74) is 3.78. The molecule has 0 aliphatic heterocycles. The van der Waals surface area contributed by atoms with E-state index in [-0.39, 0.29) is 12.3 Å². The summed E-state index contributed by atoms with van der Waals surface area (Å²) < 4.78 is 0. The van der Waals surface area contributed by atoms with Gasteiger partial charge in [-0.1, -0.05) is 42.5 Å². The summed E-state index contributed by atoms with van der Waals surface area (Å²) in [6.45, 7) is 2.38. The number of carbonyl (C=O) groups is 1. The molecule has 6 heteroatoms. The van der Waals surface area contributed by atoms with E-state index in [1.54, 1.807) is 11.3 Å². The van der Waals surface area contributed by atoms with Gasteiger partial charge in [-0.2, -0.15) is 0 Å². The summed E-state index contributed by atoms with van der Waals surface area (Å²) >= 11 is 1.62. The smallest absolute Gasteiger partial charge is 0.226 e. The first-order chi connectivity index (χ1) is 12.7. The molecule has 0 bridgehead atoms. The second-order valence-corrected chi connectivity index (χ2v) is 7.25. The molecule has 2 aromatic heterocycles. The number of hydrogen-bond donors (Lipinski definition) is 2. The minimum Gasteiger partial charge on any atom is -0.349 e. The van der Waals surface area contributed by atoms with Crippen molar-refractivity contribution in [2.24, 2.45) is 0 Å². The van der Waals surface area contributed by atoms with Gasteiger partial charge < -0.3 is 10.3 Å². The molecule has 0 radical (unpaired) electrons. The van der Waals surface area contributed by atoms with Crippen molar-refractivity contribution in [1.82, 2.24) is 20.3 Å². The van der Waals surface area contributed by atoms with Crippen LogP contribution in [0.4, 0.5) is 0 Å². The van der Waals surface area contributed by atoms with Gasteiger partial charge in [0.1, 0.15) is 10.8 Å². The van der Waals surface area contributed by atoms with E-state index in [9.17, 15) is 4.79 Å². The molecular formula is C20H18N4OS. The van der Waals surface area contributed by atoms with Crippen LogP contribution in [0, 0.1) is 6.92 Å². The zero-order valence-electron chi connectivity index (χ0n) is 14.3. The van der Waals surface area contributed by atoms with Gasteiger partial charge in [-0.25, -0.2) is 9.97 Å². The van der Waals surface area contributed by atoms with Crippen LogP contribution in [-0.2, 0) is 17.8 Å². The van der Waals surface area contributed by atoms with E-state index in [0.717, 1.165) is 38.0 Å². The maximum Gasteiger partial charge on any atom is 0.226 e. The molecule has 0 spiro atoms. The number of H-pyrrole nitrogens is 1. The molecule has 0 fully saturated rings. The van der Waals surface area contributed by atoms with Crippen LogP contribution in [-0.4, -0.2) is 20.9 Å². The van der Waals surface area contributed by atoms with Crippen LogP contribution in [0.1, 0.15) is 16.4 Å². The molecule has 4 rings (SSSR count). The number of fused-ring (bicyclic) bond motifs is 1. The monoisotopic (exact) mass is 362 g/mol. The van der Waals surface area contributed by atoms with Gasteiger partial charge in [0.05, 0.1) is 29.7 Å². The molecule has 5 nitrogen and oxygen atoms in total. The number of thiazole rings is 1.